The lowest BCUT2D eigenvalue weighted by atomic mass is 10.2. The maximum Gasteiger partial charge on any atom is 0.243 e. The van der Waals surface area contributed by atoms with Crippen molar-refractivity contribution in [2.24, 2.45) is 0 Å². The molecule has 1 aliphatic rings. The van der Waals surface area contributed by atoms with E-state index in [1.807, 2.05) is 17.5 Å². The average molecular weight is 328 g/mol. The van der Waals surface area contributed by atoms with Crippen LogP contribution >= 0.6 is 22.9 Å². The summed E-state index contributed by atoms with van der Waals surface area (Å²) in [4.78, 5) is 1.38. The van der Waals surface area contributed by atoms with E-state index in [4.69, 9.17) is 11.6 Å². The molecule has 1 aliphatic heterocycles. The number of nitrogens with zero attached hydrogens (tertiary/aromatic N) is 1. The van der Waals surface area contributed by atoms with Gasteiger partial charge >= 0.3 is 0 Å². The van der Waals surface area contributed by atoms with Crippen molar-refractivity contribution in [2.45, 2.75) is 23.8 Å². The highest BCUT2D eigenvalue weighted by Crippen LogP contribution is 2.38. The van der Waals surface area contributed by atoms with Crippen molar-refractivity contribution in [3.05, 3.63) is 51.7 Å². The van der Waals surface area contributed by atoms with E-state index in [0.717, 1.165) is 17.7 Å². The summed E-state index contributed by atoms with van der Waals surface area (Å²) in [6.07, 6.45) is 1.77. The molecule has 3 rings (SSSR count). The first-order valence-electron chi connectivity index (χ1n) is 6.40. The molecule has 1 fully saturated rings. The van der Waals surface area contributed by atoms with Crippen molar-refractivity contribution in [2.75, 3.05) is 6.54 Å². The Bertz CT molecular complexity index is 698. The molecule has 0 spiro atoms. The van der Waals surface area contributed by atoms with Crippen molar-refractivity contribution in [1.29, 1.82) is 0 Å². The minimum Gasteiger partial charge on any atom is -0.207 e. The van der Waals surface area contributed by atoms with E-state index < -0.39 is 10.0 Å². The van der Waals surface area contributed by atoms with Gasteiger partial charge in [-0.2, -0.15) is 4.31 Å². The lowest BCUT2D eigenvalue weighted by molar-refractivity contribution is 0.401. The Morgan fingerprint density at radius 2 is 2.10 bits per heavy atom. The fourth-order valence-corrected chi connectivity index (χ4v) is 5.47. The maximum absolute atomic E-state index is 12.8. The molecule has 1 aromatic heterocycles. The minimum absolute atomic E-state index is 0.0426. The van der Waals surface area contributed by atoms with Crippen LogP contribution in [-0.4, -0.2) is 19.3 Å². The number of rotatable bonds is 3. The first-order chi connectivity index (χ1) is 9.59. The van der Waals surface area contributed by atoms with Gasteiger partial charge in [-0.25, -0.2) is 8.42 Å². The summed E-state index contributed by atoms with van der Waals surface area (Å²) in [6.45, 7) is 0.567. The molecule has 0 aliphatic carbocycles. The zero-order chi connectivity index (χ0) is 14.2. The van der Waals surface area contributed by atoms with E-state index in [2.05, 4.69) is 0 Å². The van der Waals surface area contributed by atoms with Crippen molar-refractivity contribution in [3.8, 4) is 0 Å². The SMILES string of the molecule is O=S(=O)(c1cccc(Cl)c1)N1CCC[C@@H]1c1cccs1. The van der Waals surface area contributed by atoms with E-state index in [9.17, 15) is 8.42 Å². The van der Waals surface area contributed by atoms with Crippen LogP contribution in [-0.2, 0) is 10.0 Å². The molecule has 2 heterocycles. The van der Waals surface area contributed by atoms with E-state index >= 15 is 0 Å². The second kappa shape index (κ2) is 5.48. The summed E-state index contributed by atoms with van der Waals surface area (Å²) in [6, 6.07) is 10.4. The van der Waals surface area contributed by atoms with Crippen LogP contribution in [0.15, 0.2) is 46.7 Å². The summed E-state index contributed by atoms with van der Waals surface area (Å²) in [5, 5.41) is 2.43. The molecule has 6 heteroatoms. The molecule has 0 amide bonds. The fraction of sp³-hybridized carbons (Fsp3) is 0.286. The monoisotopic (exact) mass is 327 g/mol. The van der Waals surface area contributed by atoms with Gasteiger partial charge in [0.05, 0.1) is 10.9 Å². The standard InChI is InChI=1S/C14H14ClNO2S2/c15-11-4-1-5-12(10-11)20(17,18)16-8-2-6-13(16)14-7-3-9-19-14/h1,3-5,7,9-10,13H,2,6,8H2/t13-/m1/s1. The van der Waals surface area contributed by atoms with Gasteiger partial charge in [0.15, 0.2) is 0 Å². The quantitative estimate of drug-likeness (QED) is 0.856. The highest BCUT2D eigenvalue weighted by Gasteiger charge is 2.36. The molecule has 1 aromatic carbocycles. The molecule has 0 bridgehead atoms. The van der Waals surface area contributed by atoms with Gasteiger partial charge in [0.2, 0.25) is 10.0 Å². The van der Waals surface area contributed by atoms with Gasteiger partial charge in [0.1, 0.15) is 0 Å². The summed E-state index contributed by atoms with van der Waals surface area (Å²) in [7, 11) is -3.48. The molecule has 106 valence electrons. The van der Waals surface area contributed by atoms with Crippen LogP contribution in [0.3, 0.4) is 0 Å². The van der Waals surface area contributed by atoms with Crippen LogP contribution in [0, 0.1) is 0 Å². The summed E-state index contributed by atoms with van der Waals surface area (Å²) in [5.74, 6) is 0. The van der Waals surface area contributed by atoms with Crippen LogP contribution in [0.25, 0.3) is 0 Å². The molecular formula is C14H14ClNO2S2. The lowest BCUT2D eigenvalue weighted by Crippen LogP contribution is -2.30. The van der Waals surface area contributed by atoms with Gasteiger partial charge in [-0.3, -0.25) is 0 Å². The van der Waals surface area contributed by atoms with Gasteiger partial charge in [-0.15, -0.1) is 11.3 Å². The van der Waals surface area contributed by atoms with Crippen molar-refractivity contribution in [3.63, 3.8) is 0 Å². The number of hydrogen-bond acceptors (Lipinski definition) is 3. The minimum atomic E-state index is -3.48. The molecule has 0 radical (unpaired) electrons. The Hall–Kier alpha value is -0.880. The third-order valence-electron chi connectivity index (χ3n) is 3.48. The number of thiophene rings is 1. The molecular weight excluding hydrogens is 314 g/mol. The number of hydrogen-bond donors (Lipinski definition) is 0. The van der Waals surface area contributed by atoms with Gasteiger partial charge < -0.3 is 0 Å². The van der Waals surface area contributed by atoms with Gasteiger partial charge in [0.25, 0.3) is 0 Å². The summed E-state index contributed by atoms with van der Waals surface area (Å²) < 4.78 is 27.1. The predicted octanol–water partition coefficient (Wildman–Crippen LogP) is 3.93. The molecule has 0 saturated carbocycles. The molecule has 0 N–H and O–H groups in total. The van der Waals surface area contributed by atoms with Gasteiger partial charge in [0, 0.05) is 16.4 Å². The van der Waals surface area contributed by atoms with Gasteiger partial charge in [-0.1, -0.05) is 23.7 Å². The van der Waals surface area contributed by atoms with Crippen LogP contribution in [0.2, 0.25) is 5.02 Å². The Morgan fingerprint density at radius 1 is 1.25 bits per heavy atom. The molecule has 1 saturated heterocycles. The topological polar surface area (TPSA) is 37.4 Å². The smallest absolute Gasteiger partial charge is 0.207 e. The van der Waals surface area contributed by atoms with Gasteiger partial charge in [-0.05, 0) is 42.5 Å². The number of sulfonamides is 1. The Labute approximate surface area is 127 Å². The first kappa shape index (κ1) is 14.1. The van der Waals surface area contributed by atoms with E-state index in [-0.39, 0.29) is 10.9 Å². The molecule has 20 heavy (non-hydrogen) atoms. The highest BCUT2D eigenvalue weighted by molar-refractivity contribution is 7.89. The Balaban J connectivity index is 1.98. The van der Waals surface area contributed by atoms with Crippen molar-refractivity contribution >= 4 is 33.0 Å². The molecule has 3 nitrogen and oxygen atoms in total. The normalized spacial score (nSPS) is 20.4. The zero-order valence-corrected chi connectivity index (χ0v) is 13.1. The molecule has 2 aromatic rings. The molecule has 1 atom stereocenters. The first-order valence-corrected chi connectivity index (χ1v) is 9.09. The number of halogens is 1. The van der Waals surface area contributed by atoms with E-state index in [1.165, 1.54) is 6.07 Å². The summed E-state index contributed by atoms with van der Waals surface area (Å²) >= 11 is 7.52. The van der Waals surface area contributed by atoms with Crippen LogP contribution in [0.5, 0.6) is 0 Å². The van der Waals surface area contributed by atoms with Crippen LogP contribution < -0.4 is 0 Å². The van der Waals surface area contributed by atoms with Crippen LogP contribution in [0.4, 0.5) is 0 Å². The van der Waals surface area contributed by atoms with Crippen molar-refractivity contribution in [1.82, 2.24) is 4.31 Å². The Morgan fingerprint density at radius 3 is 2.80 bits per heavy atom. The Kier molecular flexibility index (Phi) is 3.86. The average Bonchev–Trinajstić information content (AvgIpc) is 3.09. The van der Waals surface area contributed by atoms with E-state index in [0.29, 0.717) is 11.6 Å². The highest BCUT2D eigenvalue weighted by atomic mass is 35.5. The van der Waals surface area contributed by atoms with Crippen LogP contribution in [0.1, 0.15) is 23.8 Å². The number of benzene rings is 1. The third-order valence-corrected chi connectivity index (χ3v) is 6.59. The van der Waals surface area contributed by atoms with E-state index in [1.54, 1.807) is 33.8 Å². The lowest BCUT2D eigenvalue weighted by Gasteiger charge is -2.23. The fourth-order valence-electron chi connectivity index (χ4n) is 2.56. The third kappa shape index (κ3) is 2.51. The molecule has 0 unspecified atom stereocenters. The summed E-state index contributed by atoms with van der Waals surface area (Å²) in [5.41, 5.74) is 0. The zero-order valence-electron chi connectivity index (χ0n) is 10.7. The van der Waals surface area contributed by atoms with Crippen molar-refractivity contribution < 1.29 is 8.42 Å². The maximum atomic E-state index is 12.8. The largest absolute Gasteiger partial charge is 0.243 e. The second-order valence-electron chi connectivity index (χ2n) is 4.75. The second-order valence-corrected chi connectivity index (χ2v) is 8.05. The predicted molar refractivity (Wildman–Crippen MR) is 81.6 cm³/mol.